The lowest BCUT2D eigenvalue weighted by Gasteiger charge is -2.20. The Morgan fingerprint density at radius 1 is 1.12 bits per heavy atom. The summed E-state index contributed by atoms with van der Waals surface area (Å²) in [5, 5.41) is 10.3. The molecule has 0 unspecified atom stereocenters. The highest BCUT2D eigenvalue weighted by Gasteiger charge is 2.14. The van der Waals surface area contributed by atoms with Crippen molar-refractivity contribution >= 4 is 22.9 Å². The minimum absolute atomic E-state index is 0.0599. The molecule has 2 aromatic carbocycles. The zero-order valence-electron chi connectivity index (χ0n) is 13.4. The first-order valence-electron chi connectivity index (χ1n) is 7.97. The van der Waals surface area contributed by atoms with E-state index in [4.69, 9.17) is 0 Å². The molecule has 0 aliphatic rings. The number of carbonyl (C=O) groups is 1. The van der Waals surface area contributed by atoms with Gasteiger partial charge in [-0.2, -0.15) is 0 Å². The Bertz CT molecular complexity index is 837. The number of aliphatic hydroxyl groups excluding tert-OH is 1. The fourth-order valence-corrected chi connectivity index (χ4v) is 2.64. The molecule has 0 fully saturated rings. The maximum atomic E-state index is 12.7. The molecular formula is C20H20N2O2. The summed E-state index contributed by atoms with van der Waals surface area (Å²) in [6.07, 6.45) is 5.77. The van der Waals surface area contributed by atoms with Gasteiger partial charge in [-0.05, 0) is 29.1 Å². The number of carbonyl (C=O) groups excluding carboxylic acids is 1. The number of aromatic nitrogens is 1. The Kier molecular flexibility index (Phi) is 5.08. The predicted octanol–water partition coefficient (Wildman–Crippen LogP) is 3.32. The van der Waals surface area contributed by atoms with E-state index in [1.54, 1.807) is 4.90 Å². The van der Waals surface area contributed by atoms with Crippen LogP contribution in [0.5, 0.6) is 0 Å². The number of nitrogens with one attached hydrogen (secondary N) is 1. The standard InChI is InChI=1S/C20H20N2O2/c23-14-13-22(12-4-7-16-5-2-1-3-6-16)20(24)18-9-8-17-10-11-21-19(17)15-18/h1-11,15,21,23H,12-14H2. The molecule has 3 aromatic rings. The summed E-state index contributed by atoms with van der Waals surface area (Å²) in [6.45, 7) is 0.702. The van der Waals surface area contributed by atoms with Gasteiger partial charge in [-0.3, -0.25) is 4.79 Å². The third-order valence-corrected chi connectivity index (χ3v) is 3.89. The molecule has 3 rings (SSSR count). The third-order valence-electron chi connectivity index (χ3n) is 3.89. The average molecular weight is 320 g/mol. The van der Waals surface area contributed by atoms with E-state index in [9.17, 15) is 9.90 Å². The second-order valence-corrected chi connectivity index (χ2v) is 5.57. The lowest BCUT2D eigenvalue weighted by atomic mass is 10.1. The Balaban J connectivity index is 1.74. The number of fused-ring (bicyclic) bond motifs is 1. The van der Waals surface area contributed by atoms with Gasteiger partial charge in [-0.1, -0.05) is 48.6 Å². The van der Waals surface area contributed by atoms with Crippen molar-refractivity contribution in [1.29, 1.82) is 0 Å². The van der Waals surface area contributed by atoms with Gasteiger partial charge in [-0.25, -0.2) is 0 Å². The second kappa shape index (κ2) is 7.62. The van der Waals surface area contributed by atoms with Gasteiger partial charge < -0.3 is 15.0 Å². The van der Waals surface area contributed by atoms with Gasteiger partial charge >= 0.3 is 0 Å². The number of nitrogens with zero attached hydrogens (tertiary/aromatic N) is 1. The lowest BCUT2D eigenvalue weighted by molar-refractivity contribution is 0.0743. The van der Waals surface area contributed by atoms with Gasteiger partial charge in [0.2, 0.25) is 0 Å². The van der Waals surface area contributed by atoms with E-state index in [1.165, 1.54) is 0 Å². The molecular weight excluding hydrogens is 300 g/mol. The van der Waals surface area contributed by atoms with Crippen LogP contribution in [0.4, 0.5) is 0 Å². The molecule has 0 atom stereocenters. The fourth-order valence-electron chi connectivity index (χ4n) is 2.64. The zero-order chi connectivity index (χ0) is 16.8. The van der Waals surface area contributed by atoms with Gasteiger partial charge in [0.1, 0.15) is 0 Å². The van der Waals surface area contributed by atoms with Crippen LogP contribution in [-0.4, -0.2) is 40.6 Å². The fraction of sp³-hybridized carbons (Fsp3) is 0.150. The lowest BCUT2D eigenvalue weighted by Crippen LogP contribution is -2.33. The van der Waals surface area contributed by atoms with Crippen LogP contribution in [0.25, 0.3) is 17.0 Å². The highest BCUT2D eigenvalue weighted by Crippen LogP contribution is 2.15. The summed E-state index contributed by atoms with van der Waals surface area (Å²) in [7, 11) is 0. The van der Waals surface area contributed by atoms with Crippen molar-refractivity contribution in [2.24, 2.45) is 0 Å². The van der Waals surface area contributed by atoms with Gasteiger partial charge in [0, 0.05) is 30.4 Å². The number of hydrogen-bond donors (Lipinski definition) is 2. The van der Waals surface area contributed by atoms with Gasteiger partial charge in [0.15, 0.2) is 0 Å². The minimum Gasteiger partial charge on any atom is -0.395 e. The first kappa shape index (κ1) is 16.0. The Hall–Kier alpha value is -2.85. The molecule has 0 aliphatic heterocycles. The van der Waals surface area contributed by atoms with Crippen LogP contribution in [0.1, 0.15) is 15.9 Å². The molecule has 122 valence electrons. The molecule has 0 saturated heterocycles. The highest BCUT2D eigenvalue weighted by atomic mass is 16.3. The maximum Gasteiger partial charge on any atom is 0.254 e. The van der Waals surface area contributed by atoms with Crippen molar-refractivity contribution in [3.8, 4) is 0 Å². The maximum absolute atomic E-state index is 12.7. The summed E-state index contributed by atoms with van der Waals surface area (Å²) >= 11 is 0. The Morgan fingerprint density at radius 3 is 2.75 bits per heavy atom. The smallest absolute Gasteiger partial charge is 0.254 e. The molecule has 24 heavy (non-hydrogen) atoms. The van der Waals surface area contributed by atoms with E-state index in [0.717, 1.165) is 16.5 Å². The number of rotatable bonds is 6. The van der Waals surface area contributed by atoms with Crippen molar-refractivity contribution in [2.45, 2.75) is 0 Å². The summed E-state index contributed by atoms with van der Waals surface area (Å²) in [5.74, 6) is -0.0849. The van der Waals surface area contributed by atoms with E-state index in [2.05, 4.69) is 4.98 Å². The van der Waals surface area contributed by atoms with Crippen molar-refractivity contribution in [2.75, 3.05) is 19.7 Å². The van der Waals surface area contributed by atoms with Crippen LogP contribution in [0.3, 0.4) is 0 Å². The first-order chi connectivity index (χ1) is 11.8. The summed E-state index contributed by atoms with van der Waals surface area (Å²) in [5.41, 5.74) is 2.64. The topological polar surface area (TPSA) is 56.3 Å². The SMILES string of the molecule is O=C(c1ccc2cc[nH]c2c1)N(CC=Cc1ccccc1)CCO. The molecule has 0 saturated carbocycles. The van der Waals surface area contributed by atoms with Crippen LogP contribution < -0.4 is 0 Å². The molecule has 1 heterocycles. The number of benzene rings is 2. The van der Waals surface area contributed by atoms with Crippen molar-refractivity contribution < 1.29 is 9.90 Å². The number of aromatic amines is 1. The van der Waals surface area contributed by atoms with Gasteiger partial charge in [-0.15, -0.1) is 0 Å². The molecule has 4 heteroatoms. The van der Waals surface area contributed by atoms with Crippen LogP contribution in [0, 0.1) is 0 Å². The molecule has 1 aromatic heterocycles. The molecule has 0 bridgehead atoms. The van der Waals surface area contributed by atoms with E-state index >= 15 is 0 Å². The molecule has 2 N–H and O–H groups in total. The number of aliphatic hydroxyl groups is 1. The predicted molar refractivity (Wildman–Crippen MR) is 96.8 cm³/mol. The van der Waals surface area contributed by atoms with Crippen LogP contribution in [-0.2, 0) is 0 Å². The van der Waals surface area contributed by atoms with Crippen molar-refractivity contribution in [3.05, 3.63) is 78.0 Å². The van der Waals surface area contributed by atoms with Crippen LogP contribution in [0.15, 0.2) is 66.9 Å². The van der Waals surface area contributed by atoms with E-state index < -0.39 is 0 Å². The number of H-pyrrole nitrogens is 1. The number of amides is 1. The third kappa shape index (κ3) is 3.73. The monoisotopic (exact) mass is 320 g/mol. The summed E-state index contributed by atoms with van der Waals surface area (Å²) < 4.78 is 0. The normalized spacial score (nSPS) is 11.2. The van der Waals surface area contributed by atoms with Gasteiger partial charge in [0.25, 0.3) is 5.91 Å². The van der Waals surface area contributed by atoms with E-state index in [-0.39, 0.29) is 12.5 Å². The van der Waals surface area contributed by atoms with Crippen LogP contribution >= 0.6 is 0 Å². The Labute approximate surface area is 141 Å². The zero-order valence-corrected chi connectivity index (χ0v) is 13.4. The largest absolute Gasteiger partial charge is 0.395 e. The average Bonchev–Trinajstić information content (AvgIpc) is 3.09. The quantitative estimate of drug-likeness (QED) is 0.732. The van der Waals surface area contributed by atoms with E-state index in [0.29, 0.717) is 18.7 Å². The van der Waals surface area contributed by atoms with Gasteiger partial charge in [0.05, 0.1) is 6.61 Å². The highest BCUT2D eigenvalue weighted by molar-refractivity contribution is 5.98. The summed E-state index contributed by atoms with van der Waals surface area (Å²) in [6, 6.07) is 17.5. The number of hydrogen-bond acceptors (Lipinski definition) is 2. The van der Waals surface area contributed by atoms with Crippen molar-refractivity contribution in [3.63, 3.8) is 0 Å². The Morgan fingerprint density at radius 2 is 1.96 bits per heavy atom. The van der Waals surface area contributed by atoms with E-state index in [1.807, 2.05) is 72.9 Å². The molecule has 4 nitrogen and oxygen atoms in total. The first-order valence-corrected chi connectivity index (χ1v) is 7.97. The second-order valence-electron chi connectivity index (χ2n) is 5.57. The molecule has 0 spiro atoms. The van der Waals surface area contributed by atoms with Crippen LogP contribution in [0.2, 0.25) is 0 Å². The summed E-state index contributed by atoms with van der Waals surface area (Å²) in [4.78, 5) is 17.5. The molecule has 0 radical (unpaired) electrons. The molecule has 1 amide bonds. The minimum atomic E-state index is -0.0849. The molecule has 0 aliphatic carbocycles. The van der Waals surface area contributed by atoms with Crippen molar-refractivity contribution in [1.82, 2.24) is 9.88 Å².